The topological polar surface area (TPSA) is 81.7 Å². The molecule has 2 aromatic rings. The predicted molar refractivity (Wildman–Crippen MR) is 101 cm³/mol. The van der Waals surface area contributed by atoms with Crippen molar-refractivity contribution in [3.8, 4) is 0 Å². The number of hydrogen-bond donors (Lipinski definition) is 1. The lowest BCUT2D eigenvalue weighted by Gasteiger charge is -2.08. The molecule has 9 heteroatoms. The minimum atomic E-state index is -0.649. The molecule has 0 atom stereocenters. The first-order valence-electron chi connectivity index (χ1n) is 7.45. The van der Waals surface area contributed by atoms with Gasteiger partial charge in [-0.25, -0.2) is 9.59 Å². The number of ether oxygens (including phenoxy) is 2. The lowest BCUT2D eigenvalue weighted by molar-refractivity contribution is 0.0527. The second-order valence-corrected chi connectivity index (χ2v) is 6.91. The molecule has 0 radical (unpaired) electrons. The summed E-state index contributed by atoms with van der Waals surface area (Å²) >= 11 is 12.9. The number of benzene rings is 1. The van der Waals surface area contributed by atoms with Gasteiger partial charge >= 0.3 is 11.9 Å². The van der Waals surface area contributed by atoms with E-state index >= 15 is 0 Å². The maximum atomic E-state index is 12.6. The van der Waals surface area contributed by atoms with E-state index in [2.05, 4.69) is 5.32 Å². The maximum Gasteiger partial charge on any atom is 0.348 e. The summed E-state index contributed by atoms with van der Waals surface area (Å²) in [5.74, 6) is -1.83. The third-order valence-electron chi connectivity index (χ3n) is 3.40. The lowest BCUT2D eigenvalue weighted by atomic mass is 10.1. The van der Waals surface area contributed by atoms with E-state index in [1.54, 1.807) is 19.9 Å². The van der Waals surface area contributed by atoms with Crippen LogP contribution >= 0.6 is 34.5 Å². The Kier molecular flexibility index (Phi) is 6.63. The zero-order valence-corrected chi connectivity index (χ0v) is 16.5. The molecule has 26 heavy (non-hydrogen) atoms. The number of halogens is 2. The number of hydrogen-bond acceptors (Lipinski definition) is 6. The van der Waals surface area contributed by atoms with Gasteiger partial charge < -0.3 is 14.8 Å². The Morgan fingerprint density at radius 3 is 2.50 bits per heavy atom. The van der Waals surface area contributed by atoms with Crippen molar-refractivity contribution in [2.75, 3.05) is 19.0 Å². The molecule has 0 fully saturated rings. The van der Waals surface area contributed by atoms with Crippen LogP contribution in [0.1, 0.15) is 42.9 Å². The number of amides is 1. The summed E-state index contributed by atoms with van der Waals surface area (Å²) < 4.78 is 9.74. The minimum Gasteiger partial charge on any atom is -0.465 e. The number of anilines is 1. The fourth-order valence-electron chi connectivity index (χ4n) is 2.18. The van der Waals surface area contributed by atoms with Gasteiger partial charge in [-0.3, -0.25) is 4.79 Å². The van der Waals surface area contributed by atoms with Gasteiger partial charge in [-0.15, -0.1) is 11.3 Å². The molecule has 0 bridgehead atoms. The number of carbonyl (C=O) groups is 3. The SMILES string of the molecule is CCOC(=O)c1c(NC(=O)c2cc(Cl)ccc2Cl)sc(C(=O)OC)c1C. The smallest absolute Gasteiger partial charge is 0.348 e. The summed E-state index contributed by atoms with van der Waals surface area (Å²) in [4.78, 5) is 37.0. The molecule has 0 saturated carbocycles. The van der Waals surface area contributed by atoms with Crippen LogP contribution < -0.4 is 5.32 Å². The predicted octanol–water partition coefficient (Wildman–Crippen LogP) is 4.58. The van der Waals surface area contributed by atoms with Crippen LogP contribution in [-0.2, 0) is 9.47 Å². The van der Waals surface area contributed by atoms with Crippen molar-refractivity contribution < 1.29 is 23.9 Å². The highest BCUT2D eigenvalue weighted by atomic mass is 35.5. The molecule has 1 amide bonds. The largest absolute Gasteiger partial charge is 0.465 e. The van der Waals surface area contributed by atoms with Crippen molar-refractivity contribution in [3.63, 3.8) is 0 Å². The van der Waals surface area contributed by atoms with Crippen molar-refractivity contribution in [2.24, 2.45) is 0 Å². The van der Waals surface area contributed by atoms with E-state index in [0.717, 1.165) is 11.3 Å². The van der Waals surface area contributed by atoms with Gasteiger partial charge in [0.15, 0.2) is 0 Å². The van der Waals surface area contributed by atoms with Crippen LogP contribution in [0.5, 0.6) is 0 Å². The van der Waals surface area contributed by atoms with Crippen molar-refractivity contribution >= 4 is 57.4 Å². The van der Waals surface area contributed by atoms with Crippen LogP contribution in [0, 0.1) is 6.92 Å². The summed E-state index contributed by atoms with van der Waals surface area (Å²) in [5.41, 5.74) is 0.608. The molecular formula is C17H15Cl2NO5S. The van der Waals surface area contributed by atoms with Gasteiger partial charge in [-0.2, -0.15) is 0 Å². The van der Waals surface area contributed by atoms with E-state index in [0.29, 0.717) is 10.6 Å². The van der Waals surface area contributed by atoms with E-state index in [9.17, 15) is 14.4 Å². The Bertz CT molecular complexity index is 878. The molecule has 0 unspecified atom stereocenters. The Hall–Kier alpha value is -2.09. The van der Waals surface area contributed by atoms with Crippen LogP contribution in [0.4, 0.5) is 5.00 Å². The van der Waals surface area contributed by atoms with Crippen LogP contribution in [-0.4, -0.2) is 31.6 Å². The molecular weight excluding hydrogens is 401 g/mol. The van der Waals surface area contributed by atoms with Crippen LogP contribution in [0.25, 0.3) is 0 Å². The molecule has 1 aromatic carbocycles. The van der Waals surface area contributed by atoms with Crippen LogP contribution in [0.2, 0.25) is 10.0 Å². The van der Waals surface area contributed by atoms with Gasteiger partial charge in [-0.1, -0.05) is 23.2 Å². The zero-order valence-electron chi connectivity index (χ0n) is 14.1. The third-order valence-corrected chi connectivity index (χ3v) is 5.15. The Balaban J connectivity index is 2.47. The van der Waals surface area contributed by atoms with Crippen molar-refractivity contribution in [1.29, 1.82) is 0 Å². The summed E-state index contributed by atoms with van der Waals surface area (Å²) in [6.07, 6.45) is 0. The van der Waals surface area contributed by atoms with E-state index < -0.39 is 17.8 Å². The van der Waals surface area contributed by atoms with E-state index in [1.807, 2.05) is 0 Å². The quantitative estimate of drug-likeness (QED) is 0.722. The van der Waals surface area contributed by atoms with Gasteiger partial charge in [0.2, 0.25) is 0 Å². The highest BCUT2D eigenvalue weighted by Gasteiger charge is 2.27. The fourth-order valence-corrected chi connectivity index (χ4v) is 3.66. The molecule has 1 heterocycles. The highest BCUT2D eigenvalue weighted by molar-refractivity contribution is 7.18. The Morgan fingerprint density at radius 1 is 1.19 bits per heavy atom. The molecule has 0 aliphatic heterocycles. The molecule has 0 aliphatic rings. The second kappa shape index (κ2) is 8.53. The van der Waals surface area contributed by atoms with Gasteiger partial charge in [0, 0.05) is 5.02 Å². The summed E-state index contributed by atoms with van der Waals surface area (Å²) in [5, 5.41) is 3.31. The van der Waals surface area contributed by atoms with Crippen molar-refractivity contribution in [1.82, 2.24) is 0 Å². The van der Waals surface area contributed by atoms with E-state index in [-0.39, 0.29) is 32.6 Å². The first-order valence-corrected chi connectivity index (χ1v) is 9.02. The first-order chi connectivity index (χ1) is 12.3. The minimum absolute atomic E-state index is 0.101. The summed E-state index contributed by atoms with van der Waals surface area (Å²) in [6.45, 7) is 3.39. The standard InChI is InChI=1S/C17H15Cl2NO5S/c1-4-25-16(22)12-8(2)13(17(23)24-3)26-15(12)20-14(21)10-7-9(18)5-6-11(10)19/h5-7H,4H2,1-3H3,(H,20,21). The lowest BCUT2D eigenvalue weighted by Crippen LogP contribution is -2.15. The third kappa shape index (κ3) is 4.17. The zero-order chi connectivity index (χ0) is 19.4. The van der Waals surface area contributed by atoms with Gasteiger partial charge in [0.25, 0.3) is 5.91 Å². The number of methoxy groups -OCH3 is 1. The summed E-state index contributed by atoms with van der Waals surface area (Å²) in [6, 6.07) is 4.45. The first kappa shape index (κ1) is 20.2. The van der Waals surface area contributed by atoms with Gasteiger partial charge in [-0.05, 0) is 37.6 Å². The molecule has 1 aromatic heterocycles. The molecule has 0 aliphatic carbocycles. The monoisotopic (exact) mass is 415 g/mol. The molecule has 0 spiro atoms. The Morgan fingerprint density at radius 2 is 1.88 bits per heavy atom. The molecule has 1 N–H and O–H groups in total. The molecule has 2 rings (SSSR count). The van der Waals surface area contributed by atoms with E-state index in [4.69, 9.17) is 32.7 Å². The van der Waals surface area contributed by atoms with Crippen LogP contribution in [0.3, 0.4) is 0 Å². The average Bonchev–Trinajstić information content (AvgIpc) is 2.92. The molecule has 6 nitrogen and oxygen atoms in total. The number of esters is 2. The molecule has 0 saturated heterocycles. The number of thiophene rings is 1. The van der Waals surface area contributed by atoms with Gasteiger partial charge in [0.05, 0.1) is 29.9 Å². The van der Waals surface area contributed by atoms with Crippen LogP contribution in [0.15, 0.2) is 18.2 Å². The van der Waals surface area contributed by atoms with Crippen molar-refractivity contribution in [3.05, 3.63) is 49.8 Å². The summed E-state index contributed by atoms with van der Waals surface area (Å²) in [7, 11) is 1.23. The van der Waals surface area contributed by atoms with E-state index in [1.165, 1.54) is 19.2 Å². The Labute approximate surface area is 164 Å². The average molecular weight is 416 g/mol. The number of nitrogens with one attached hydrogen (secondary N) is 1. The van der Waals surface area contributed by atoms with Gasteiger partial charge in [0.1, 0.15) is 9.88 Å². The molecule has 138 valence electrons. The fraction of sp³-hybridized carbons (Fsp3) is 0.235. The number of carbonyl (C=O) groups excluding carboxylic acids is 3. The van der Waals surface area contributed by atoms with Crippen molar-refractivity contribution in [2.45, 2.75) is 13.8 Å². The normalized spacial score (nSPS) is 10.3. The second-order valence-electron chi connectivity index (χ2n) is 5.05. The number of rotatable bonds is 5. The maximum absolute atomic E-state index is 12.6. The highest BCUT2D eigenvalue weighted by Crippen LogP contribution is 2.35.